The van der Waals surface area contributed by atoms with Crippen molar-refractivity contribution in [3.05, 3.63) is 29.8 Å². The van der Waals surface area contributed by atoms with Crippen molar-refractivity contribution in [1.29, 1.82) is 0 Å². The predicted molar refractivity (Wildman–Crippen MR) is 106 cm³/mol. The minimum Gasteiger partial charge on any atom is -0.491 e. The van der Waals surface area contributed by atoms with Gasteiger partial charge in [0.15, 0.2) is 0 Å². The summed E-state index contributed by atoms with van der Waals surface area (Å²) in [6.07, 6.45) is 10.8. The first-order chi connectivity index (χ1) is 9.86. The van der Waals surface area contributed by atoms with E-state index in [1.807, 2.05) is 0 Å². The molecular weight excluding hydrogens is 284 g/mol. The molecule has 0 N–H and O–H groups in total. The highest BCUT2D eigenvalue weighted by Gasteiger charge is 1.97. The molecule has 1 aromatic carbocycles. The molecule has 0 fully saturated rings. The van der Waals surface area contributed by atoms with Gasteiger partial charge in [-0.25, -0.2) is 0 Å². The number of benzene rings is 1. The fourth-order valence-electron chi connectivity index (χ4n) is 2.28. The quantitative estimate of drug-likeness (QED) is 0.388. The van der Waals surface area contributed by atoms with Gasteiger partial charge in [-0.1, -0.05) is 79.9 Å². The summed E-state index contributed by atoms with van der Waals surface area (Å²) in [5, 5.41) is 0. The molecule has 0 spiro atoms. The van der Waals surface area contributed by atoms with Crippen LogP contribution in [0.1, 0.15) is 79.7 Å². The number of rotatable bonds is 12. The Morgan fingerprint density at radius 2 is 1.30 bits per heavy atom. The molecule has 0 saturated carbocycles. The van der Waals surface area contributed by atoms with E-state index in [2.05, 4.69) is 31.2 Å². The lowest BCUT2D eigenvalue weighted by molar-refractivity contribution is 0.146. The van der Waals surface area contributed by atoms with Crippen LogP contribution in [0, 0.1) is 0 Å². The van der Waals surface area contributed by atoms with Gasteiger partial charge in [0.05, 0.1) is 6.61 Å². The highest BCUT2D eigenvalue weighted by molar-refractivity contribution is 5.27. The zero-order valence-corrected chi connectivity index (χ0v) is 13.2. The van der Waals surface area contributed by atoms with Crippen molar-refractivity contribution in [3.8, 4) is 5.75 Å². The molecule has 0 bridgehead atoms. The molecule has 2 heteroatoms. The second kappa shape index (κ2) is 19.0. The van der Waals surface area contributed by atoms with Crippen LogP contribution in [-0.2, 0) is 11.2 Å². The summed E-state index contributed by atoms with van der Waals surface area (Å²) < 4.78 is 10.5. The summed E-state index contributed by atoms with van der Waals surface area (Å²) in [5.74, 6) is 0.936. The van der Waals surface area contributed by atoms with Crippen LogP contribution in [0.15, 0.2) is 24.3 Å². The fraction of sp³-hybridized carbons (Fsp3) is 0.714. The van der Waals surface area contributed by atoms with Crippen molar-refractivity contribution in [2.75, 3.05) is 20.3 Å². The highest BCUT2D eigenvalue weighted by Crippen LogP contribution is 2.15. The third-order valence-corrected chi connectivity index (χ3v) is 3.55. The van der Waals surface area contributed by atoms with E-state index in [4.69, 9.17) is 9.47 Å². The third kappa shape index (κ3) is 14.3. The number of unbranched alkanes of at least 4 members (excludes halogenated alkanes) is 6. The van der Waals surface area contributed by atoms with Gasteiger partial charge in [-0.2, -0.15) is 0 Å². The van der Waals surface area contributed by atoms with Gasteiger partial charge in [-0.15, -0.1) is 0 Å². The number of hydrogen-bond acceptors (Lipinski definition) is 2. The van der Waals surface area contributed by atoms with E-state index in [9.17, 15) is 0 Å². The molecule has 0 aliphatic carbocycles. The third-order valence-electron chi connectivity index (χ3n) is 3.55. The van der Waals surface area contributed by atoms with Crippen molar-refractivity contribution in [2.45, 2.75) is 80.6 Å². The van der Waals surface area contributed by atoms with Crippen molar-refractivity contribution in [1.82, 2.24) is 0 Å². The Balaban J connectivity index is -0.00000133. The monoisotopic (exact) mass is 326 g/mol. The molecule has 23 heavy (non-hydrogen) atoms. The molecule has 0 heterocycles. The first-order valence-electron chi connectivity index (χ1n) is 8.07. The predicted octanol–water partition coefficient (Wildman–Crippen LogP) is 6.91. The smallest absolute Gasteiger partial charge is 0.119 e. The SMILES string of the molecule is C.C.C.CCCCCCCCCc1ccc(OCCOC)cc1. The highest BCUT2D eigenvalue weighted by atomic mass is 16.5. The van der Waals surface area contributed by atoms with Crippen LogP contribution in [0.4, 0.5) is 0 Å². The summed E-state index contributed by atoms with van der Waals surface area (Å²) in [6.45, 7) is 3.52. The Morgan fingerprint density at radius 3 is 1.87 bits per heavy atom. The summed E-state index contributed by atoms with van der Waals surface area (Å²) in [7, 11) is 1.69. The van der Waals surface area contributed by atoms with E-state index in [1.165, 1.54) is 56.9 Å². The summed E-state index contributed by atoms with van der Waals surface area (Å²) >= 11 is 0. The van der Waals surface area contributed by atoms with Crippen LogP contribution in [-0.4, -0.2) is 20.3 Å². The maximum absolute atomic E-state index is 5.56. The van der Waals surface area contributed by atoms with Gasteiger partial charge in [0, 0.05) is 7.11 Å². The van der Waals surface area contributed by atoms with Gasteiger partial charge in [0.2, 0.25) is 0 Å². The molecule has 0 radical (unpaired) electrons. The maximum Gasteiger partial charge on any atom is 0.119 e. The van der Waals surface area contributed by atoms with Crippen molar-refractivity contribution >= 4 is 0 Å². The molecule has 0 aromatic heterocycles. The Labute approximate surface area is 146 Å². The first-order valence-corrected chi connectivity index (χ1v) is 8.07. The molecule has 0 unspecified atom stereocenters. The zero-order chi connectivity index (χ0) is 14.5. The lowest BCUT2D eigenvalue weighted by Gasteiger charge is -2.07. The minimum atomic E-state index is 0. The molecular formula is C21H42O2. The Morgan fingerprint density at radius 1 is 0.739 bits per heavy atom. The number of methoxy groups -OCH3 is 1. The molecule has 138 valence electrons. The van der Waals surface area contributed by atoms with Crippen LogP contribution in [0.2, 0.25) is 0 Å². The first kappa shape index (κ1) is 26.9. The van der Waals surface area contributed by atoms with E-state index >= 15 is 0 Å². The molecule has 0 aliphatic heterocycles. The topological polar surface area (TPSA) is 18.5 Å². The number of hydrogen-bond donors (Lipinski definition) is 0. The van der Waals surface area contributed by atoms with Gasteiger partial charge >= 0.3 is 0 Å². The largest absolute Gasteiger partial charge is 0.491 e. The van der Waals surface area contributed by atoms with Crippen molar-refractivity contribution in [3.63, 3.8) is 0 Å². The average Bonchev–Trinajstić information content (AvgIpc) is 2.48. The summed E-state index contributed by atoms with van der Waals surface area (Å²) in [6, 6.07) is 8.48. The molecule has 2 nitrogen and oxygen atoms in total. The molecule has 0 amide bonds. The van der Waals surface area contributed by atoms with Gasteiger partial charge < -0.3 is 9.47 Å². The molecule has 0 atom stereocenters. The van der Waals surface area contributed by atoms with Gasteiger partial charge in [0.1, 0.15) is 12.4 Å². The van der Waals surface area contributed by atoms with Gasteiger partial charge in [-0.3, -0.25) is 0 Å². The average molecular weight is 327 g/mol. The maximum atomic E-state index is 5.56. The molecule has 1 aromatic rings. The summed E-state index contributed by atoms with van der Waals surface area (Å²) in [5.41, 5.74) is 1.41. The lowest BCUT2D eigenvalue weighted by Crippen LogP contribution is -2.04. The van der Waals surface area contributed by atoms with Crippen LogP contribution < -0.4 is 4.74 Å². The van der Waals surface area contributed by atoms with Crippen molar-refractivity contribution in [2.24, 2.45) is 0 Å². The molecule has 1 rings (SSSR count). The van der Waals surface area contributed by atoms with Crippen molar-refractivity contribution < 1.29 is 9.47 Å². The normalized spacial score (nSPS) is 9.30. The zero-order valence-electron chi connectivity index (χ0n) is 13.2. The van der Waals surface area contributed by atoms with E-state index < -0.39 is 0 Å². The van der Waals surface area contributed by atoms with Gasteiger partial charge in [0.25, 0.3) is 0 Å². The Hall–Kier alpha value is -1.02. The van der Waals surface area contributed by atoms with E-state index in [1.54, 1.807) is 7.11 Å². The fourth-order valence-corrected chi connectivity index (χ4v) is 2.28. The second-order valence-corrected chi connectivity index (χ2v) is 5.36. The van der Waals surface area contributed by atoms with Gasteiger partial charge in [-0.05, 0) is 30.5 Å². The molecule has 0 aliphatic rings. The van der Waals surface area contributed by atoms with E-state index in [0.29, 0.717) is 13.2 Å². The van der Waals surface area contributed by atoms with Crippen LogP contribution in [0.3, 0.4) is 0 Å². The lowest BCUT2D eigenvalue weighted by atomic mass is 10.0. The Bertz CT molecular complexity index is 319. The van der Waals surface area contributed by atoms with Crippen LogP contribution >= 0.6 is 0 Å². The standard InChI is InChI=1S/C18H30O2.3CH4/c1-3-4-5-6-7-8-9-10-17-11-13-18(14-12-17)20-16-15-19-2;;;/h11-14H,3-10,15-16H2,1-2H3;3*1H4. The Kier molecular flexibility index (Phi) is 22.2. The summed E-state index contributed by atoms with van der Waals surface area (Å²) in [4.78, 5) is 0. The second-order valence-electron chi connectivity index (χ2n) is 5.36. The minimum absolute atomic E-state index is 0. The number of aryl methyl sites for hydroxylation is 1. The van der Waals surface area contributed by atoms with Crippen LogP contribution in [0.25, 0.3) is 0 Å². The van der Waals surface area contributed by atoms with E-state index in [-0.39, 0.29) is 22.3 Å². The van der Waals surface area contributed by atoms with E-state index in [0.717, 1.165) is 5.75 Å². The van der Waals surface area contributed by atoms with Crippen LogP contribution in [0.5, 0.6) is 5.75 Å². The number of ether oxygens (including phenoxy) is 2. The molecule has 0 saturated heterocycles.